The minimum atomic E-state index is -3.27. The zero-order valence-corrected chi connectivity index (χ0v) is 12.6. The fraction of sp³-hybridized carbons (Fsp3) is 0.455. The number of thiophene rings is 1. The molecule has 1 amide bonds. The van der Waals surface area contributed by atoms with Crippen molar-refractivity contribution in [1.82, 2.24) is 10.3 Å². The molecular weight excluding hydrogens is 304 g/mol. The highest BCUT2D eigenvalue weighted by atomic mass is 32.2. The Morgan fingerprint density at radius 1 is 1.42 bits per heavy atom. The third-order valence-corrected chi connectivity index (χ3v) is 6.89. The smallest absolute Gasteiger partial charge is 0.261 e. The van der Waals surface area contributed by atoms with Crippen molar-refractivity contribution < 1.29 is 13.2 Å². The van der Waals surface area contributed by atoms with Gasteiger partial charge in [0, 0.05) is 12.3 Å². The molecule has 1 aliphatic rings. The molecule has 8 heteroatoms. The van der Waals surface area contributed by atoms with Crippen LogP contribution in [-0.4, -0.2) is 31.6 Å². The van der Waals surface area contributed by atoms with Gasteiger partial charge in [0.25, 0.3) is 5.91 Å². The molecule has 1 fully saturated rings. The fourth-order valence-corrected chi connectivity index (χ4v) is 4.84. The molecule has 0 spiro atoms. The van der Waals surface area contributed by atoms with Gasteiger partial charge in [0.05, 0.1) is 9.58 Å². The molecular formula is C11H12N2O3S3. The number of sulfone groups is 1. The van der Waals surface area contributed by atoms with Gasteiger partial charge in [0.1, 0.15) is 4.83 Å². The van der Waals surface area contributed by atoms with Crippen LogP contribution in [0.4, 0.5) is 0 Å². The number of carbonyl (C=O) groups is 1. The molecule has 1 N–H and O–H groups in total. The number of fused-ring (bicyclic) bond motifs is 1. The van der Waals surface area contributed by atoms with Gasteiger partial charge in [0.2, 0.25) is 14.2 Å². The second kappa shape index (κ2) is 4.53. The van der Waals surface area contributed by atoms with Crippen LogP contribution in [0.1, 0.15) is 28.9 Å². The monoisotopic (exact) mass is 316 g/mol. The van der Waals surface area contributed by atoms with Crippen molar-refractivity contribution in [3.8, 4) is 0 Å². The van der Waals surface area contributed by atoms with E-state index in [1.807, 2.05) is 0 Å². The number of aromatic nitrogens is 1. The number of amides is 1. The summed E-state index contributed by atoms with van der Waals surface area (Å²) in [5.74, 6) is -0.0826. The second-order valence-electron chi connectivity index (χ2n) is 4.63. The summed E-state index contributed by atoms with van der Waals surface area (Å²) in [6.45, 7) is 0. The normalized spacial score (nSPS) is 16.5. The standard InChI is InChI=1S/C11H12N2O3S3/c1-19(15,16)11-13-10-8(18-11)5-7(17-10)9(14)12-6-3-2-4-6/h5-6H,2-4H2,1H3,(H,12,14). The summed E-state index contributed by atoms with van der Waals surface area (Å²) in [4.78, 5) is 17.2. The summed E-state index contributed by atoms with van der Waals surface area (Å²) in [5.41, 5.74) is 0. The SMILES string of the molecule is CS(=O)(=O)c1nc2sc(C(=O)NC3CCC3)cc2s1. The van der Waals surface area contributed by atoms with E-state index in [1.165, 1.54) is 17.8 Å². The molecule has 0 atom stereocenters. The van der Waals surface area contributed by atoms with Gasteiger partial charge in [-0.3, -0.25) is 4.79 Å². The number of carbonyl (C=O) groups excluding carboxylic acids is 1. The van der Waals surface area contributed by atoms with Gasteiger partial charge in [0.15, 0.2) is 0 Å². The topological polar surface area (TPSA) is 76.1 Å². The van der Waals surface area contributed by atoms with Gasteiger partial charge in [-0.25, -0.2) is 13.4 Å². The number of nitrogens with zero attached hydrogens (tertiary/aromatic N) is 1. The number of hydrogen-bond donors (Lipinski definition) is 1. The van der Waals surface area contributed by atoms with Crippen molar-refractivity contribution in [2.24, 2.45) is 0 Å². The summed E-state index contributed by atoms with van der Waals surface area (Å²) >= 11 is 2.35. The Labute approximate surface area is 118 Å². The van der Waals surface area contributed by atoms with E-state index >= 15 is 0 Å². The predicted octanol–water partition coefficient (Wildman–Crippen LogP) is 2.04. The third-order valence-electron chi connectivity index (χ3n) is 3.05. The lowest BCUT2D eigenvalue weighted by atomic mass is 9.93. The van der Waals surface area contributed by atoms with Crippen LogP contribution in [0, 0.1) is 0 Å². The summed E-state index contributed by atoms with van der Waals surface area (Å²) in [7, 11) is -3.27. The van der Waals surface area contributed by atoms with Crippen molar-refractivity contribution >= 4 is 47.9 Å². The molecule has 1 aliphatic carbocycles. The molecule has 2 aromatic rings. The fourth-order valence-electron chi connectivity index (χ4n) is 1.80. The van der Waals surface area contributed by atoms with Crippen LogP contribution in [-0.2, 0) is 9.84 Å². The van der Waals surface area contributed by atoms with Gasteiger partial charge >= 0.3 is 0 Å². The van der Waals surface area contributed by atoms with Gasteiger partial charge in [-0.2, -0.15) is 0 Å². The number of nitrogens with one attached hydrogen (secondary N) is 1. The van der Waals surface area contributed by atoms with Crippen molar-refractivity contribution in [2.45, 2.75) is 29.6 Å². The van der Waals surface area contributed by atoms with Crippen molar-refractivity contribution in [1.29, 1.82) is 0 Å². The van der Waals surface area contributed by atoms with Gasteiger partial charge < -0.3 is 5.32 Å². The van der Waals surface area contributed by atoms with Crippen molar-refractivity contribution in [3.05, 3.63) is 10.9 Å². The Balaban J connectivity index is 1.86. The number of thiazole rings is 1. The summed E-state index contributed by atoms with van der Waals surface area (Å²) in [6.07, 6.45) is 4.40. The number of hydrogen-bond acceptors (Lipinski definition) is 6. The van der Waals surface area contributed by atoms with Crippen LogP contribution in [0.3, 0.4) is 0 Å². The first-order valence-electron chi connectivity index (χ1n) is 5.85. The van der Waals surface area contributed by atoms with Gasteiger partial charge in [-0.1, -0.05) is 0 Å². The van der Waals surface area contributed by atoms with E-state index < -0.39 is 9.84 Å². The molecule has 0 bridgehead atoms. The predicted molar refractivity (Wildman–Crippen MR) is 75.7 cm³/mol. The highest BCUT2D eigenvalue weighted by molar-refractivity contribution is 7.92. The molecule has 19 heavy (non-hydrogen) atoms. The zero-order chi connectivity index (χ0) is 13.6. The maximum atomic E-state index is 12.0. The third kappa shape index (κ3) is 2.52. The Bertz CT molecular complexity index is 709. The quantitative estimate of drug-likeness (QED) is 0.940. The van der Waals surface area contributed by atoms with E-state index in [0.29, 0.717) is 15.7 Å². The molecule has 2 heterocycles. The minimum absolute atomic E-state index is 0.0826. The van der Waals surface area contributed by atoms with E-state index in [0.717, 1.165) is 35.1 Å². The van der Waals surface area contributed by atoms with Crippen LogP contribution in [0.15, 0.2) is 10.4 Å². The Kier molecular flexibility index (Phi) is 3.11. The molecule has 0 radical (unpaired) electrons. The van der Waals surface area contributed by atoms with E-state index in [2.05, 4.69) is 10.3 Å². The molecule has 0 aliphatic heterocycles. The summed E-state index contributed by atoms with van der Waals surface area (Å²) < 4.78 is 23.6. The van der Waals surface area contributed by atoms with Gasteiger partial charge in [-0.15, -0.1) is 22.7 Å². The van der Waals surface area contributed by atoms with Crippen LogP contribution < -0.4 is 5.32 Å². The van der Waals surface area contributed by atoms with Crippen LogP contribution in [0.5, 0.6) is 0 Å². The zero-order valence-electron chi connectivity index (χ0n) is 10.2. The van der Waals surface area contributed by atoms with E-state index in [-0.39, 0.29) is 10.2 Å². The molecule has 102 valence electrons. The van der Waals surface area contributed by atoms with E-state index in [9.17, 15) is 13.2 Å². The Morgan fingerprint density at radius 3 is 2.68 bits per heavy atom. The van der Waals surface area contributed by atoms with Crippen LogP contribution >= 0.6 is 22.7 Å². The van der Waals surface area contributed by atoms with Crippen molar-refractivity contribution in [2.75, 3.05) is 6.26 Å². The van der Waals surface area contributed by atoms with E-state index in [4.69, 9.17) is 0 Å². The van der Waals surface area contributed by atoms with Crippen LogP contribution in [0.25, 0.3) is 9.53 Å². The highest BCUT2D eigenvalue weighted by Gasteiger charge is 2.22. The van der Waals surface area contributed by atoms with Gasteiger partial charge in [-0.05, 0) is 25.3 Å². The maximum absolute atomic E-state index is 12.0. The molecule has 2 aromatic heterocycles. The lowest BCUT2D eigenvalue weighted by Crippen LogP contribution is -2.39. The molecule has 3 rings (SSSR count). The first kappa shape index (κ1) is 13.0. The lowest BCUT2D eigenvalue weighted by molar-refractivity contribution is 0.0921. The van der Waals surface area contributed by atoms with Crippen molar-refractivity contribution in [3.63, 3.8) is 0 Å². The van der Waals surface area contributed by atoms with Crippen LogP contribution in [0.2, 0.25) is 0 Å². The highest BCUT2D eigenvalue weighted by Crippen LogP contribution is 2.32. The first-order chi connectivity index (χ1) is 8.93. The maximum Gasteiger partial charge on any atom is 0.261 e. The Morgan fingerprint density at radius 2 is 2.16 bits per heavy atom. The molecule has 5 nitrogen and oxygen atoms in total. The lowest BCUT2D eigenvalue weighted by Gasteiger charge is -2.25. The average Bonchev–Trinajstić information content (AvgIpc) is 2.78. The molecule has 0 aromatic carbocycles. The first-order valence-corrected chi connectivity index (χ1v) is 9.37. The average molecular weight is 316 g/mol. The largest absolute Gasteiger partial charge is 0.349 e. The second-order valence-corrected chi connectivity index (χ2v) is 8.88. The molecule has 0 unspecified atom stereocenters. The molecule has 1 saturated carbocycles. The molecule has 0 saturated heterocycles. The number of rotatable bonds is 3. The van der Waals surface area contributed by atoms with E-state index in [1.54, 1.807) is 6.07 Å². The Hall–Kier alpha value is -0.990. The minimum Gasteiger partial charge on any atom is -0.349 e. The summed E-state index contributed by atoms with van der Waals surface area (Å²) in [6, 6.07) is 2.02. The summed E-state index contributed by atoms with van der Waals surface area (Å²) in [5, 5.41) is 2.96.